The van der Waals surface area contributed by atoms with E-state index in [9.17, 15) is 0 Å². The second-order valence-electron chi connectivity index (χ2n) is 13.0. The summed E-state index contributed by atoms with van der Waals surface area (Å²) in [7, 11) is 0. The van der Waals surface area contributed by atoms with Gasteiger partial charge >= 0.3 is 0 Å². The molecule has 9 aromatic rings. The summed E-state index contributed by atoms with van der Waals surface area (Å²) < 4.78 is 11.2. The number of rotatable bonds is 4. The SMILES string of the molecule is CC1C[n+]2cccc3ccc(-c4cccc5cc6c(-c7ccccc7-c7nc8ccccc8n7-c7ccccc7)cccc6cc45)c(c32)O1. The highest BCUT2D eigenvalue weighted by atomic mass is 16.5. The van der Waals surface area contributed by atoms with Crippen LogP contribution in [-0.4, -0.2) is 15.7 Å². The third kappa shape index (κ3) is 4.38. The van der Waals surface area contributed by atoms with Crippen molar-refractivity contribution >= 4 is 43.5 Å². The van der Waals surface area contributed by atoms with Crippen LogP contribution in [0.2, 0.25) is 0 Å². The Labute approximate surface area is 284 Å². The summed E-state index contributed by atoms with van der Waals surface area (Å²) in [6.07, 6.45) is 2.26. The molecule has 0 amide bonds. The monoisotopic (exact) mass is 630 g/mol. The molecular weight excluding hydrogens is 599 g/mol. The van der Waals surface area contributed by atoms with Gasteiger partial charge in [0, 0.05) is 22.9 Å². The van der Waals surface area contributed by atoms with Crippen LogP contribution in [0.3, 0.4) is 0 Å². The largest absolute Gasteiger partial charge is 0.477 e. The fraction of sp³-hybridized carbons (Fsp3) is 0.0667. The van der Waals surface area contributed by atoms with E-state index in [0.717, 1.165) is 57.0 Å². The number of hydrogen-bond acceptors (Lipinski definition) is 2. The van der Waals surface area contributed by atoms with Crippen molar-refractivity contribution in [2.24, 2.45) is 0 Å². The predicted molar refractivity (Wildman–Crippen MR) is 200 cm³/mol. The van der Waals surface area contributed by atoms with E-state index in [0.29, 0.717) is 0 Å². The van der Waals surface area contributed by atoms with Crippen molar-refractivity contribution in [3.05, 3.63) is 158 Å². The Balaban J connectivity index is 1.18. The van der Waals surface area contributed by atoms with E-state index >= 15 is 0 Å². The van der Waals surface area contributed by atoms with Crippen LogP contribution in [0.1, 0.15) is 6.92 Å². The van der Waals surface area contributed by atoms with Crippen molar-refractivity contribution in [3.63, 3.8) is 0 Å². The van der Waals surface area contributed by atoms with E-state index in [2.05, 4.69) is 174 Å². The Morgan fingerprint density at radius 2 is 1.24 bits per heavy atom. The summed E-state index contributed by atoms with van der Waals surface area (Å²) in [6.45, 7) is 3.00. The van der Waals surface area contributed by atoms with Gasteiger partial charge in [0.1, 0.15) is 5.82 Å². The summed E-state index contributed by atoms with van der Waals surface area (Å²) in [6, 6.07) is 54.3. The number of ether oxygens (including phenoxy) is 1. The maximum atomic E-state index is 6.59. The molecule has 232 valence electrons. The number of benzene rings is 7. The van der Waals surface area contributed by atoms with Gasteiger partial charge in [-0.25, -0.2) is 4.98 Å². The molecule has 1 unspecified atom stereocenters. The highest BCUT2D eigenvalue weighted by Crippen LogP contribution is 2.43. The normalized spacial score (nSPS) is 14.1. The van der Waals surface area contributed by atoms with E-state index in [4.69, 9.17) is 9.72 Å². The first kappa shape index (κ1) is 27.8. The molecular formula is C45H32N3O+. The van der Waals surface area contributed by atoms with Crippen LogP contribution in [-0.2, 0) is 6.54 Å². The quantitative estimate of drug-likeness (QED) is 0.143. The molecule has 1 atom stereocenters. The Bertz CT molecular complexity index is 2740. The lowest BCUT2D eigenvalue weighted by atomic mass is 9.90. The molecule has 0 N–H and O–H groups in total. The van der Waals surface area contributed by atoms with Crippen LogP contribution < -0.4 is 9.30 Å². The molecule has 49 heavy (non-hydrogen) atoms. The van der Waals surface area contributed by atoms with Gasteiger partial charge in [0.05, 0.1) is 16.4 Å². The molecule has 0 spiro atoms. The number of fused-ring (bicyclic) bond motifs is 3. The average molecular weight is 631 g/mol. The summed E-state index contributed by atoms with van der Waals surface area (Å²) in [5.74, 6) is 1.90. The molecule has 0 bridgehead atoms. The standard InChI is InChI=1S/C45H32N3O/c1-29-28-47-25-11-14-30-23-24-37(44(49-29)43(30)47)36-20-10-13-32-26-39-31(27-40(32)36)12-9-19-35(39)34-17-5-6-18-38(34)45-46-41-21-7-8-22-42(41)48(45)33-15-3-2-4-16-33/h2-27,29H,28H2,1H3/q+1. The van der Waals surface area contributed by atoms with Crippen LogP contribution in [0.4, 0.5) is 0 Å². The zero-order valence-electron chi connectivity index (χ0n) is 27.0. The third-order valence-corrected chi connectivity index (χ3v) is 9.97. The van der Waals surface area contributed by atoms with Crippen LogP contribution >= 0.6 is 0 Å². The van der Waals surface area contributed by atoms with Gasteiger partial charge in [-0.15, -0.1) is 0 Å². The Hall–Kier alpha value is -6.26. The molecule has 4 nitrogen and oxygen atoms in total. The van der Waals surface area contributed by atoms with Gasteiger partial charge in [0.25, 0.3) is 5.52 Å². The summed E-state index contributed by atoms with van der Waals surface area (Å²) >= 11 is 0. The number of hydrogen-bond donors (Lipinski definition) is 0. The molecule has 0 fully saturated rings. The maximum absolute atomic E-state index is 6.59. The van der Waals surface area contributed by atoms with E-state index in [1.807, 2.05) is 0 Å². The minimum atomic E-state index is 0.0952. The summed E-state index contributed by atoms with van der Waals surface area (Å²) in [4.78, 5) is 5.22. The Morgan fingerprint density at radius 1 is 0.592 bits per heavy atom. The van der Waals surface area contributed by atoms with Crippen LogP contribution in [0.25, 0.3) is 82.8 Å². The lowest BCUT2D eigenvalue weighted by molar-refractivity contribution is -0.681. The fourth-order valence-electron chi connectivity index (χ4n) is 7.82. The van der Waals surface area contributed by atoms with Crippen LogP contribution in [0, 0.1) is 0 Å². The molecule has 10 rings (SSSR count). The topological polar surface area (TPSA) is 30.9 Å². The zero-order chi connectivity index (χ0) is 32.5. The molecule has 3 heterocycles. The molecule has 0 saturated carbocycles. The molecule has 2 aromatic heterocycles. The molecule has 1 aliphatic heterocycles. The predicted octanol–water partition coefficient (Wildman–Crippen LogP) is 10.6. The molecule has 0 aliphatic carbocycles. The van der Waals surface area contributed by atoms with Gasteiger partial charge in [-0.3, -0.25) is 4.57 Å². The van der Waals surface area contributed by atoms with Crippen molar-refractivity contribution < 1.29 is 9.30 Å². The number of pyridine rings is 1. The van der Waals surface area contributed by atoms with E-state index in [-0.39, 0.29) is 6.10 Å². The zero-order valence-corrected chi connectivity index (χ0v) is 27.0. The van der Waals surface area contributed by atoms with Crippen molar-refractivity contribution in [2.45, 2.75) is 19.6 Å². The van der Waals surface area contributed by atoms with E-state index < -0.39 is 0 Å². The van der Waals surface area contributed by atoms with Crippen molar-refractivity contribution in [1.29, 1.82) is 0 Å². The number of nitrogens with zero attached hydrogens (tertiary/aromatic N) is 3. The van der Waals surface area contributed by atoms with Crippen molar-refractivity contribution in [1.82, 2.24) is 9.55 Å². The minimum Gasteiger partial charge on any atom is -0.477 e. The highest BCUT2D eigenvalue weighted by Gasteiger charge is 2.28. The molecule has 4 heteroatoms. The smallest absolute Gasteiger partial charge is 0.255 e. The van der Waals surface area contributed by atoms with Gasteiger partial charge in [-0.1, -0.05) is 91.0 Å². The van der Waals surface area contributed by atoms with Gasteiger partial charge in [0.2, 0.25) is 0 Å². The van der Waals surface area contributed by atoms with Gasteiger partial charge < -0.3 is 4.74 Å². The van der Waals surface area contributed by atoms with Crippen LogP contribution in [0.5, 0.6) is 5.75 Å². The second kappa shape index (κ2) is 10.9. The highest BCUT2D eigenvalue weighted by molar-refractivity contribution is 6.11. The average Bonchev–Trinajstić information content (AvgIpc) is 3.54. The molecule has 0 radical (unpaired) electrons. The Kier molecular flexibility index (Phi) is 6.18. The molecule has 7 aromatic carbocycles. The van der Waals surface area contributed by atoms with Gasteiger partial charge in [0.15, 0.2) is 24.6 Å². The fourth-order valence-corrected chi connectivity index (χ4v) is 7.82. The van der Waals surface area contributed by atoms with E-state index in [1.54, 1.807) is 0 Å². The van der Waals surface area contributed by atoms with Gasteiger partial charge in [-0.05, 0) is 99.8 Å². The molecule has 0 saturated heterocycles. The van der Waals surface area contributed by atoms with E-state index in [1.165, 1.54) is 38.1 Å². The Morgan fingerprint density at radius 3 is 2.04 bits per heavy atom. The first-order valence-corrected chi connectivity index (χ1v) is 16.9. The summed E-state index contributed by atoms with van der Waals surface area (Å²) in [5, 5.41) is 6.02. The number of aromatic nitrogens is 3. The second-order valence-corrected chi connectivity index (χ2v) is 13.0. The lowest BCUT2D eigenvalue weighted by Gasteiger charge is -2.22. The van der Waals surface area contributed by atoms with Crippen molar-refractivity contribution in [3.8, 4) is 45.1 Å². The van der Waals surface area contributed by atoms with Crippen molar-refractivity contribution in [2.75, 3.05) is 0 Å². The first-order chi connectivity index (χ1) is 24.2. The van der Waals surface area contributed by atoms with Gasteiger partial charge in [-0.2, -0.15) is 4.57 Å². The van der Waals surface area contributed by atoms with Crippen LogP contribution in [0.15, 0.2) is 158 Å². The first-order valence-electron chi connectivity index (χ1n) is 16.9. The lowest BCUT2D eigenvalue weighted by Crippen LogP contribution is -2.45. The summed E-state index contributed by atoms with van der Waals surface area (Å²) in [5.41, 5.74) is 10.1. The minimum absolute atomic E-state index is 0.0952. The maximum Gasteiger partial charge on any atom is 0.255 e. The number of para-hydroxylation sites is 3. The number of imidazole rings is 1. The third-order valence-electron chi connectivity index (χ3n) is 9.97. The molecule has 1 aliphatic rings.